The Kier molecular flexibility index (Phi) is 3.33. The maximum atomic E-state index is 10.9. The fourth-order valence-electron chi connectivity index (χ4n) is 3.43. The maximum Gasteiger partial charge on any atom is 0.269 e. The van der Waals surface area contributed by atoms with Gasteiger partial charge in [-0.05, 0) is 41.5 Å². The fourth-order valence-corrected chi connectivity index (χ4v) is 3.43. The van der Waals surface area contributed by atoms with Crippen LogP contribution in [0.4, 0.5) is 5.69 Å². The lowest BCUT2D eigenvalue weighted by Gasteiger charge is -2.04. The second-order valence-electron chi connectivity index (χ2n) is 6.36. The van der Waals surface area contributed by atoms with Gasteiger partial charge >= 0.3 is 0 Å². The third kappa shape index (κ3) is 2.48. The van der Waals surface area contributed by atoms with Crippen LogP contribution in [0.5, 0.6) is 0 Å². The summed E-state index contributed by atoms with van der Waals surface area (Å²) in [6.07, 6.45) is 2.01. The predicted molar refractivity (Wildman–Crippen MR) is 105 cm³/mol. The zero-order valence-electron chi connectivity index (χ0n) is 14.2. The first kappa shape index (κ1) is 15.4. The number of benzene rings is 3. The summed E-state index contributed by atoms with van der Waals surface area (Å²) in [5.74, 6) is 0. The third-order valence-corrected chi connectivity index (χ3v) is 4.71. The minimum absolute atomic E-state index is 0.0788. The number of para-hydroxylation sites is 2. The van der Waals surface area contributed by atoms with Gasteiger partial charge in [-0.25, -0.2) is 9.97 Å². The molecule has 0 saturated carbocycles. The molecule has 0 unspecified atom stereocenters. The lowest BCUT2D eigenvalue weighted by atomic mass is 10.0. The van der Waals surface area contributed by atoms with Gasteiger partial charge in [-0.1, -0.05) is 36.4 Å². The van der Waals surface area contributed by atoms with Crippen LogP contribution in [0.2, 0.25) is 0 Å². The summed E-state index contributed by atoms with van der Waals surface area (Å²) in [7, 11) is 0. The molecule has 5 rings (SSSR count). The van der Waals surface area contributed by atoms with Gasteiger partial charge in [0.25, 0.3) is 5.69 Å². The average Bonchev–Trinajstić information content (AvgIpc) is 3.00. The molecule has 0 spiro atoms. The highest BCUT2D eigenvalue weighted by Crippen LogP contribution is 2.43. The Morgan fingerprint density at radius 1 is 0.741 bits per heavy atom. The Morgan fingerprint density at radius 2 is 1.33 bits per heavy atom. The van der Waals surface area contributed by atoms with Crippen LogP contribution in [0.1, 0.15) is 16.8 Å². The molecule has 0 amide bonds. The molecular formula is C22H13N3O2. The van der Waals surface area contributed by atoms with Crippen molar-refractivity contribution in [2.24, 2.45) is 0 Å². The minimum atomic E-state index is -0.394. The topological polar surface area (TPSA) is 68.9 Å². The Morgan fingerprint density at radius 3 is 2.00 bits per heavy atom. The van der Waals surface area contributed by atoms with Gasteiger partial charge in [0, 0.05) is 23.3 Å². The second kappa shape index (κ2) is 5.85. The molecule has 5 nitrogen and oxygen atoms in total. The normalized spacial score (nSPS) is 13.6. The monoisotopic (exact) mass is 351 g/mol. The molecule has 1 heterocycles. The molecule has 0 fully saturated rings. The van der Waals surface area contributed by atoms with Crippen LogP contribution in [0.15, 0.2) is 72.8 Å². The van der Waals surface area contributed by atoms with Crippen LogP contribution in [0, 0.1) is 10.1 Å². The van der Waals surface area contributed by atoms with E-state index in [0.717, 1.165) is 44.7 Å². The van der Waals surface area contributed by atoms with Crippen LogP contribution in [-0.4, -0.2) is 14.9 Å². The van der Waals surface area contributed by atoms with Gasteiger partial charge in [0.2, 0.25) is 0 Å². The molecule has 1 aromatic heterocycles. The van der Waals surface area contributed by atoms with Crippen LogP contribution in [-0.2, 0) is 0 Å². The standard InChI is InChI=1S/C22H13N3O2/c26-25(27)15-11-9-14(10-12-15)13-18-16-5-1-2-6-17(16)21-22(18)24-20-8-4-3-7-19(20)23-21/h1-13H/b18-13+. The first-order valence-electron chi connectivity index (χ1n) is 8.54. The van der Waals surface area contributed by atoms with Gasteiger partial charge in [0.15, 0.2) is 0 Å². The molecule has 0 radical (unpaired) electrons. The molecule has 1 aliphatic rings. The Balaban J connectivity index is 1.73. The van der Waals surface area contributed by atoms with Crippen molar-refractivity contribution in [2.75, 3.05) is 0 Å². The molecule has 0 N–H and O–H groups in total. The van der Waals surface area contributed by atoms with Crippen LogP contribution in [0.25, 0.3) is 33.9 Å². The molecular weight excluding hydrogens is 338 g/mol. The summed E-state index contributed by atoms with van der Waals surface area (Å²) >= 11 is 0. The number of hydrogen-bond donors (Lipinski definition) is 0. The quantitative estimate of drug-likeness (QED) is 0.327. The predicted octanol–water partition coefficient (Wildman–Crippen LogP) is 5.11. The average molecular weight is 351 g/mol. The summed E-state index contributed by atoms with van der Waals surface area (Å²) in [5.41, 5.74) is 7.49. The van der Waals surface area contributed by atoms with Crippen LogP contribution < -0.4 is 0 Å². The van der Waals surface area contributed by atoms with Gasteiger partial charge < -0.3 is 0 Å². The van der Waals surface area contributed by atoms with E-state index in [4.69, 9.17) is 9.97 Å². The fraction of sp³-hybridized carbons (Fsp3) is 0. The molecule has 0 saturated heterocycles. The van der Waals surface area contributed by atoms with Gasteiger partial charge in [0.05, 0.1) is 27.3 Å². The number of rotatable bonds is 2. The molecule has 4 aromatic rings. The summed E-state index contributed by atoms with van der Waals surface area (Å²) < 4.78 is 0. The van der Waals surface area contributed by atoms with E-state index in [-0.39, 0.29) is 5.69 Å². The number of non-ortho nitro benzene ring substituents is 1. The highest BCUT2D eigenvalue weighted by molar-refractivity contribution is 6.05. The second-order valence-corrected chi connectivity index (χ2v) is 6.36. The molecule has 0 bridgehead atoms. The summed E-state index contributed by atoms with van der Waals surface area (Å²) in [5, 5.41) is 10.9. The van der Waals surface area contributed by atoms with E-state index in [1.807, 2.05) is 48.5 Å². The molecule has 0 atom stereocenters. The zero-order valence-corrected chi connectivity index (χ0v) is 14.2. The molecule has 5 heteroatoms. The Hall–Kier alpha value is -3.86. The van der Waals surface area contributed by atoms with Gasteiger partial charge in [-0.15, -0.1) is 0 Å². The first-order valence-corrected chi connectivity index (χ1v) is 8.54. The zero-order chi connectivity index (χ0) is 18.4. The molecule has 128 valence electrons. The van der Waals surface area contributed by atoms with Crippen molar-refractivity contribution in [3.8, 4) is 11.3 Å². The third-order valence-electron chi connectivity index (χ3n) is 4.71. The molecule has 1 aliphatic carbocycles. The largest absolute Gasteiger partial charge is 0.269 e. The summed E-state index contributed by atoms with van der Waals surface area (Å²) in [6.45, 7) is 0. The van der Waals surface area contributed by atoms with E-state index in [9.17, 15) is 10.1 Å². The van der Waals surface area contributed by atoms with Crippen LogP contribution in [0.3, 0.4) is 0 Å². The Bertz CT molecular complexity index is 1240. The van der Waals surface area contributed by atoms with Gasteiger partial charge in [-0.3, -0.25) is 10.1 Å². The van der Waals surface area contributed by atoms with E-state index in [1.165, 1.54) is 12.1 Å². The lowest BCUT2D eigenvalue weighted by molar-refractivity contribution is -0.384. The van der Waals surface area contributed by atoms with E-state index in [2.05, 4.69) is 6.07 Å². The number of hydrogen-bond acceptors (Lipinski definition) is 4. The van der Waals surface area contributed by atoms with E-state index >= 15 is 0 Å². The van der Waals surface area contributed by atoms with Crippen molar-refractivity contribution >= 4 is 28.4 Å². The van der Waals surface area contributed by atoms with Crippen molar-refractivity contribution in [2.45, 2.75) is 0 Å². The van der Waals surface area contributed by atoms with E-state index in [0.29, 0.717) is 0 Å². The lowest BCUT2D eigenvalue weighted by Crippen LogP contribution is -1.92. The van der Waals surface area contributed by atoms with Crippen molar-refractivity contribution in [3.63, 3.8) is 0 Å². The molecule has 27 heavy (non-hydrogen) atoms. The first-order chi connectivity index (χ1) is 13.2. The number of nitrogens with zero attached hydrogens (tertiary/aromatic N) is 3. The minimum Gasteiger partial charge on any atom is -0.258 e. The smallest absolute Gasteiger partial charge is 0.258 e. The van der Waals surface area contributed by atoms with Crippen LogP contribution >= 0.6 is 0 Å². The molecule has 3 aromatic carbocycles. The van der Waals surface area contributed by atoms with Gasteiger partial charge in [0.1, 0.15) is 0 Å². The number of aromatic nitrogens is 2. The van der Waals surface area contributed by atoms with Gasteiger partial charge in [-0.2, -0.15) is 0 Å². The number of nitro benzene ring substituents is 1. The SMILES string of the molecule is O=[N+]([O-])c1ccc(/C=C2\c3ccccc3-c3nc4ccccc4nc32)cc1. The van der Waals surface area contributed by atoms with E-state index < -0.39 is 4.92 Å². The van der Waals surface area contributed by atoms with Crippen molar-refractivity contribution in [1.82, 2.24) is 9.97 Å². The van der Waals surface area contributed by atoms with Crippen molar-refractivity contribution in [3.05, 3.63) is 99.7 Å². The highest BCUT2D eigenvalue weighted by Gasteiger charge is 2.26. The van der Waals surface area contributed by atoms with Crippen molar-refractivity contribution in [1.29, 1.82) is 0 Å². The van der Waals surface area contributed by atoms with E-state index in [1.54, 1.807) is 12.1 Å². The highest BCUT2D eigenvalue weighted by atomic mass is 16.6. The maximum absolute atomic E-state index is 10.9. The number of nitro groups is 1. The molecule has 0 aliphatic heterocycles. The number of fused-ring (bicyclic) bond motifs is 4. The Labute approximate surface area is 154 Å². The van der Waals surface area contributed by atoms with Crippen molar-refractivity contribution < 1.29 is 4.92 Å². The summed E-state index contributed by atoms with van der Waals surface area (Å²) in [6, 6.07) is 22.4. The summed E-state index contributed by atoms with van der Waals surface area (Å²) in [4.78, 5) is 20.2.